The Morgan fingerprint density at radius 1 is 1.05 bits per heavy atom. The lowest BCUT2D eigenvalue weighted by Gasteiger charge is -2.11. The highest BCUT2D eigenvalue weighted by molar-refractivity contribution is 6.10. The van der Waals surface area contributed by atoms with E-state index in [0.29, 0.717) is 5.69 Å². The molecule has 21 heavy (non-hydrogen) atoms. The van der Waals surface area contributed by atoms with Crippen molar-refractivity contribution in [3.63, 3.8) is 0 Å². The van der Waals surface area contributed by atoms with E-state index in [2.05, 4.69) is 34.6 Å². The molecule has 1 aromatic heterocycles. The maximum atomic E-state index is 12.2. The Balaban J connectivity index is 2.26. The smallest absolute Gasteiger partial charge is 0.270 e. The van der Waals surface area contributed by atoms with Crippen LogP contribution in [0.4, 0.5) is 0 Å². The molecule has 0 atom stereocenters. The summed E-state index contributed by atoms with van der Waals surface area (Å²) in [5, 5.41) is 7.39. The molecule has 0 aliphatic rings. The average Bonchev–Trinajstić information content (AvgIpc) is 2.46. The molecule has 0 aliphatic carbocycles. The second kappa shape index (κ2) is 5.17. The first-order valence-corrected chi connectivity index (χ1v) is 7.16. The highest BCUT2D eigenvalue weighted by Crippen LogP contribution is 2.27. The van der Waals surface area contributed by atoms with Crippen LogP contribution in [-0.2, 0) is 0 Å². The normalized spacial score (nSPS) is 11.2. The number of carbonyl (C=O) groups excluding carboxylic acids is 1. The molecule has 1 heterocycles. The highest BCUT2D eigenvalue weighted by atomic mass is 16.1. The molecule has 0 fully saturated rings. The predicted molar refractivity (Wildman–Crippen MR) is 86.6 cm³/mol. The molecule has 3 heteroatoms. The maximum Gasteiger partial charge on any atom is 0.270 e. The van der Waals surface area contributed by atoms with Gasteiger partial charge in [0.15, 0.2) is 0 Å². The fourth-order valence-electron chi connectivity index (χ4n) is 2.63. The average molecular weight is 278 g/mol. The quantitative estimate of drug-likeness (QED) is 0.724. The van der Waals surface area contributed by atoms with E-state index in [0.717, 1.165) is 21.9 Å². The molecular weight excluding hydrogens is 260 g/mol. The van der Waals surface area contributed by atoms with Gasteiger partial charge in [-0.2, -0.15) is 0 Å². The molecule has 0 saturated heterocycles. The number of aryl methyl sites for hydroxylation is 1. The third-order valence-corrected chi connectivity index (χ3v) is 3.58. The summed E-state index contributed by atoms with van der Waals surface area (Å²) < 4.78 is 0. The van der Waals surface area contributed by atoms with Gasteiger partial charge in [0, 0.05) is 17.1 Å². The van der Waals surface area contributed by atoms with Gasteiger partial charge in [-0.25, -0.2) is 4.98 Å². The van der Waals surface area contributed by atoms with Crippen LogP contribution in [-0.4, -0.2) is 16.9 Å². The maximum absolute atomic E-state index is 12.2. The topological polar surface area (TPSA) is 42.0 Å². The van der Waals surface area contributed by atoms with Crippen LogP contribution < -0.4 is 5.32 Å². The fraction of sp³-hybridized carbons (Fsp3) is 0.222. The Bertz CT molecular complexity index is 837. The second-order valence-corrected chi connectivity index (χ2v) is 5.60. The Hall–Kier alpha value is -2.42. The molecule has 0 spiro atoms. The van der Waals surface area contributed by atoms with Gasteiger partial charge < -0.3 is 5.32 Å². The van der Waals surface area contributed by atoms with E-state index in [1.807, 2.05) is 39.0 Å². The molecule has 1 amide bonds. The predicted octanol–water partition coefficient (Wildman–Crippen LogP) is 3.83. The molecule has 3 nitrogen and oxygen atoms in total. The molecule has 0 bridgehead atoms. The lowest BCUT2D eigenvalue weighted by molar-refractivity contribution is 0.0938. The largest absolute Gasteiger partial charge is 0.349 e. The summed E-state index contributed by atoms with van der Waals surface area (Å²) >= 11 is 0. The van der Waals surface area contributed by atoms with Crippen LogP contribution >= 0.6 is 0 Å². The third-order valence-electron chi connectivity index (χ3n) is 3.58. The van der Waals surface area contributed by atoms with Gasteiger partial charge in [-0.1, -0.05) is 36.4 Å². The van der Waals surface area contributed by atoms with Gasteiger partial charge in [0.1, 0.15) is 5.69 Å². The van der Waals surface area contributed by atoms with Crippen molar-refractivity contribution in [3.8, 4) is 0 Å². The molecule has 106 valence electrons. The molecular formula is C18H18N2O. The minimum Gasteiger partial charge on any atom is -0.349 e. The zero-order chi connectivity index (χ0) is 15.0. The van der Waals surface area contributed by atoms with Gasteiger partial charge in [0.2, 0.25) is 0 Å². The zero-order valence-corrected chi connectivity index (χ0v) is 12.5. The van der Waals surface area contributed by atoms with Gasteiger partial charge in [-0.15, -0.1) is 0 Å². The third kappa shape index (κ3) is 2.47. The summed E-state index contributed by atoms with van der Waals surface area (Å²) in [5.41, 5.74) is 1.36. The summed E-state index contributed by atoms with van der Waals surface area (Å²) in [6, 6.07) is 14.4. The number of nitrogens with zero attached hydrogens (tertiary/aromatic N) is 1. The van der Waals surface area contributed by atoms with E-state index < -0.39 is 0 Å². The van der Waals surface area contributed by atoms with Crippen molar-refractivity contribution in [2.24, 2.45) is 0 Å². The number of amides is 1. The summed E-state index contributed by atoms with van der Waals surface area (Å²) in [5.74, 6) is -0.122. The van der Waals surface area contributed by atoms with Crippen molar-refractivity contribution in [1.82, 2.24) is 10.3 Å². The van der Waals surface area contributed by atoms with Crippen molar-refractivity contribution in [2.45, 2.75) is 26.8 Å². The molecule has 3 rings (SSSR count). The summed E-state index contributed by atoms with van der Waals surface area (Å²) in [4.78, 5) is 16.7. The standard InChI is InChI=1S/C18H18N2O/c1-11(2)19-18(21)17-10-16-14(12(3)20-17)9-8-13-6-4-5-7-15(13)16/h4-11H,1-3H3,(H,19,21). The number of hydrogen-bond donors (Lipinski definition) is 1. The van der Waals surface area contributed by atoms with Crippen LogP contribution in [0.15, 0.2) is 42.5 Å². The van der Waals surface area contributed by atoms with Gasteiger partial charge in [0.05, 0.1) is 0 Å². The number of carbonyl (C=O) groups is 1. The molecule has 3 aromatic rings. The van der Waals surface area contributed by atoms with E-state index in [1.54, 1.807) is 0 Å². The Labute approximate surface area is 124 Å². The number of aromatic nitrogens is 1. The number of rotatable bonds is 2. The molecule has 0 saturated carbocycles. The Morgan fingerprint density at radius 2 is 1.81 bits per heavy atom. The van der Waals surface area contributed by atoms with Gasteiger partial charge in [-0.3, -0.25) is 4.79 Å². The highest BCUT2D eigenvalue weighted by Gasteiger charge is 2.12. The fourth-order valence-corrected chi connectivity index (χ4v) is 2.63. The number of benzene rings is 2. The van der Waals surface area contributed by atoms with Crippen molar-refractivity contribution >= 4 is 27.5 Å². The Kier molecular flexibility index (Phi) is 3.34. The minimum atomic E-state index is -0.122. The van der Waals surface area contributed by atoms with Crippen LogP contribution in [0.25, 0.3) is 21.5 Å². The SMILES string of the molecule is Cc1nc(C(=O)NC(C)C)cc2c1ccc1ccccc12. The first-order valence-electron chi connectivity index (χ1n) is 7.16. The second-order valence-electron chi connectivity index (χ2n) is 5.60. The summed E-state index contributed by atoms with van der Waals surface area (Å²) in [6.45, 7) is 5.84. The summed E-state index contributed by atoms with van der Waals surface area (Å²) in [6.07, 6.45) is 0. The minimum absolute atomic E-state index is 0.0998. The van der Waals surface area contributed by atoms with Gasteiger partial charge >= 0.3 is 0 Å². The van der Waals surface area contributed by atoms with Crippen molar-refractivity contribution < 1.29 is 4.79 Å². The number of hydrogen-bond acceptors (Lipinski definition) is 2. The number of nitrogens with one attached hydrogen (secondary N) is 1. The van der Waals surface area contributed by atoms with Crippen LogP contribution in [0.5, 0.6) is 0 Å². The van der Waals surface area contributed by atoms with E-state index in [9.17, 15) is 4.79 Å². The van der Waals surface area contributed by atoms with Crippen LogP contribution in [0.3, 0.4) is 0 Å². The monoisotopic (exact) mass is 278 g/mol. The van der Waals surface area contributed by atoms with Crippen molar-refractivity contribution in [2.75, 3.05) is 0 Å². The zero-order valence-electron chi connectivity index (χ0n) is 12.5. The lowest BCUT2D eigenvalue weighted by atomic mass is 10.0. The van der Waals surface area contributed by atoms with Gasteiger partial charge in [-0.05, 0) is 43.0 Å². The van der Waals surface area contributed by atoms with Gasteiger partial charge in [0.25, 0.3) is 5.91 Å². The van der Waals surface area contributed by atoms with E-state index in [1.165, 1.54) is 5.39 Å². The van der Waals surface area contributed by atoms with E-state index in [4.69, 9.17) is 0 Å². The molecule has 0 unspecified atom stereocenters. The number of pyridine rings is 1. The number of fused-ring (bicyclic) bond motifs is 3. The van der Waals surface area contributed by atoms with Crippen molar-refractivity contribution in [3.05, 3.63) is 53.9 Å². The molecule has 1 N–H and O–H groups in total. The molecule has 2 aromatic carbocycles. The lowest BCUT2D eigenvalue weighted by Crippen LogP contribution is -2.30. The molecule has 0 aliphatic heterocycles. The Morgan fingerprint density at radius 3 is 2.57 bits per heavy atom. The van der Waals surface area contributed by atoms with Crippen molar-refractivity contribution in [1.29, 1.82) is 0 Å². The van der Waals surface area contributed by atoms with Crippen LogP contribution in [0.1, 0.15) is 30.0 Å². The molecule has 0 radical (unpaired) electrons. The van der Waals surface area contributed by atoms with Crippen LogP contribution in [0.2, 0.25) is 0 Å². The van der Waals surface area contributed by atoms with Crippen LogP contribution in [0, 0.1) is 6.92 Å². The first-order chi connectivity index (χ1) is 10.1. The summed E-state index contributed by atoms with van der Waals surface area (Å²) in [7, 11) is 0. The van der Waals surface area contributed by atoms with E-state index in [-0.39, 0.29) is 11.9 Å². The van der Waals surface area contributed by atoms with E-state index >= 15 is 0 Å². The first kappa shape index (κ1) is 13.6.